The van der Waals surface area contributed by atoms with Gasteiger partial charge in [0, 0.05) is 6.54 Å². The van der Waals surface area contributed by atoms with Crippen LogP contribution in [0.15, 0.2) is 0 Å². The summed E-state index contributed by atoms with van der Waals surface area (Å²) in [6.07, 6.45) is 0.952. The van der Waals surface area contributed by atoms with Crippen molar-refractivity contribution >= 4 is 17.8 Å². The van der Waals surface area contributed by atoms with Crippen LogP contribution in [-0.2, 0) is 19.1 Å². The van der Waals surface area contributed by atoms with Crippen LogP contribution < -0.4 is 0 Å². The first kappa shape index (κ1) is 12.6. The Labute approximate surface area is 110 Å². The van der Waals surface area contributed by atoms with E-state index in [1.807, 2.05) is 0 Å². The first-order valence-electron chi connectivity index (χ1n) is 6.57. The van der Waals surface area contributed by atoms with Gasteiger partial charge in [0.2, 0.25) is 11.8 Å². The van der Waals surface area contributed by atoms with Crippen molar-refractivity contribution in [2.75, 3.05) is 6.54 Å². The summed E-state index contributed by atoms with van der Waals surface area (Å²) < 4.78 is 5.78. The molecular weight excluding hydrogens is 250 g/mol. The minimum Gasteiger partial charge on any atom is -0.481 e. The van der Waals surface area contributed by atoms with Gasteiger partial charge in [-0.15, -0.1) is 0 Å². The number of hydrogen-bond donors (Lipinski definition) is 1. The summed E-state index contributed by atoms with van der Waals surface area (Å²) in [5.74, 6) is -1.55. The Kier molecular flexibility index (Phi) is 2.36. The number of hydrogen-bond acceptors (Lipinski definition) is 4. The predicted octanol–water partition coefficient (Wildman–Crippen LogP) is 0.404. The van der Waals surface area contributed by atoms with Crippen molar-refractivity contribution in [3.8, 4) is 0 Å². The van der Waals surface area contributed by atoms with Gasteiger partial charge in [-0.3, -0.25) is 19.3 Å². The number of fused-ring (bicyclic) bond motifs is 5. The molecule has 0 aromatic rings. The fraction of sp³-hybridized carbons (Fsp3) is 0.769. The maximum absolute atomic E-state index is 12.6. The minimum atomic E-state index is -1.01. The molecule has 6 nitrogen and oxygen atoms in total. The number of likely N-dealkylation sites (tertiary alicyclic amines) is 1. The van der Waals surface area contributed by atoms with Gasteiger partial charge in [0.1, 0.15) is 0 Å². The lowest BCUT2D eigenvalue weighted by Crippen LogP contribution is -2.48. The zero-order valence-electron chi connectivity index (χ0n) is 11.0. The van der Waals surface area contributed by atoms with Gasteiger partial charge in [-0.05, 0) is 26.7 Å². The van der Waals surface area contributed by atoms with Crippen LogP contribution in [0, 0.1) is 10.8 Å². The SMILES string of the molecule is C[C@@]12C(=O)N(CCC(=O)O)C(=O)[C@]1(C)[C@H]1CC[C@@H]2O1. The van der Waals surface area contributed by atoms with Gasteiger partial charge in [0.25, 0.3) is 0 Å². The summed E-state index contributed by atoms with van der Waals surface area (Å²) in [6.45, 7) is 3.53. The predicted molar refractivity (Wildman–Crippen MR) is 63.1 cm³/mol. The van der Waals surface area contributed by atoms with Crippen LogP contribution in [0.2, 0.25) is 0 Å². The van der Waals surface area contributed by atoms with E-state index in [0.29, 0.717) is 0 Å². The largest absolute Gasteiger partial charge is 0.481 e. The van der Waals surface area contributed by atoms with E-state index in [9.17, 15) is 14.4 Å². The molecule has 4 atom stereocenters. The van der Waals surface area contributed by atoms with Gasteiger partial charge in [-0.1, -0.05) is 0 Å². The summed E-state index contributed by atoms with van der Waals surface area (Å²) in [7, 11) is 0. The smallest absolute Gasteiger partial charge is 0.305 e. The molecule has 2 amide bonds. The number of carbonyl (C=O) groups excluding carboxylic acids is 2. The van der Waals surface area contributed by atoms with Gasteiger partial charge in [0.15, 0.2) is 0 Å². The molecule has 3 aliphatic heterocycles. The standard InChI is InChI=1S/C13H17NO5/c1-12-7-3-4-8(19-7)13(12,2)11(18)14(10(12)17)6-5-9(15)16/h7-8H,3-6H2,1-2H3,(H,15,16)/t7-,8+,12+,13-. The van der Waals surface area contributed by atoms with Crippen LogP contribution >= 0.6 is 0 Å². The topological polar surface area (TPSA) is 83.9 Å². The van der Waals surface area contributed by atoms with E-state index >= 15 is 0 Å². The molecule has 3 heterocycles. The molecule has 3 aliphatic rings. The molecule has 0 spiro atoms. The van der Waals surface area contributed by atoms with Crippen LogP contribution in [0.1, 0.15) is 33.1 Å². The maximum Gasteiger partial charge on any atom is 0.305 e. The molecule has 0 aromatic carbocycles. The van der Waals surface area contributed by atoms with Crippen molar-refractivity contribution in [1.82, 2.24) is 4.90 Å². The first-order chi connectivity index (χ1) is 8.83. The number of ether oxygens (including phenoxy) is 1. The van der Waals surface area contributed by atoms with Crippen LogP contribution in [-0.4, -0.2) is 46.5 Å². The summed E-state index contributed by atoms with van der Waals surface area (Å²) in [4.78, 5) is 36.9. The van der Waals surface area contributed by atoms with Gasteiger partial charge in [0.05, 0.1) is 29.5 Å². The van der Waals surface area contributed by atoms with Crippen molar-refractivity contribution in [2.45, 2.75) is 45.3 Å². The molecule has 0 unspecified atom stereocenters. The summed E-state index contributed by atoms with van der Waals surface area (Å²) in [6, 6.07) is 0. The van der Waals surface area contributed by atoms with E-state index in [1.165, 1.54) is 0 Å². The second-order valence-electron chi connectivity index (χ2n) is 6.00. The Hall–Kier alpha value is -1.43. The van der Waals surface area contributed by atoms with E-state index in [0.717, 1.165) is 17.7 Å². The zero-order valence-corrected chi connectivity index (χ0v) is 11.0. The van der Waals surface area contributed by atoms with E-state index in [2.05, 4.69) is 0 Å². The van der Waals surface area contributed by atoms with E-state index in [1.54, 1.807) is 13.8 Å². The second-order valence-corrected chi connectivity index (χ2v) is 6.00. The molecule has 3 rings (SSSR count). The number of carboxylic acids is 1. The van der Waals surface area contributed by atoms with Gasteiger partial charge in [-0.25, -0.2) is 0 Å². The number of aliphatic carboxylic acids is 1. The summed E-state index contributed by atoms with van der Waals surface area (Å²) >= 11 is 0. The molecule has 0 saturated carbocycles. The number of rotatable bonds is 3. The first-order valence-corrected chi connectivity index (χ1v) is 6.57. The third-order valence-electron chi connectivity index (χ3n) is 5.31. The molecule has 2 bridgehead atoms. The lowest BCUT2D eigenvalue weighted by Gasteiger charge is -2.36. The summed E-state index contributed by atoms with van der Waals surface area (Å²) in [5, 5.41) is 8.72. The molecule has 0 radical (unpaired) electrons. The number of carboxylic acid groups (broad SMARTS) is 1. The number of carbonyl (C=O) groups is 3. The highest BCUT2D eigenvalue weighted by atomic mass is 16.5. The number of amides is 2. The average Bonchev–Trinajstić information content (AvgIpc) is 2.95. The van der Waals surface area contributed by atoms with Crippen LogP contribution in [0.3, 0.4) is 0 Å². The Morgan fingerprint density at radius 1 is 1.26 bits per heavy atom. The fourth-order valence-electron chi connectivity index (χ4n) is 3.94. The minimum absolute atomic E-state index is 0.0440. The van der Waals surface area contributed by atoms with Crippen molar-refractivity contribution < 1.29 is 24.2 Å². The molecular formula is C13H17NO5. The Morgan fingerprint density at radius 3 is 2.16 bits per heavy atom. The van der Waals surface area contributed by atoms with Gasteiger partial charge < -0.3 is 9.84 Å². The molecule has 104 valence electrons. The highest BCUT2D eigenvalue weighted by Crippen LogP contribution is 2.64. The van der Waals surface area contributed by atoms with E-state index < -0.39 is 16.8 Å². The molecule has 0 aliphatic carbocycles. The quantitative estimate of drug-likeness (QED) is 0.748. The van der Waals surface area contributed by atoms with Crippen molar-refractivity contribution in [2.24, 2.45) is 10.8 Å². The lowest BCUT2D eigenvalue weighted by molar-refractivity contribution is -0.146. The van der Waals surface area contributed by atoms with Crippen LogP contribution in [0.4, 0.5) is 0 Å². The third kappa shape index (κ3) is 1.23. The molecule has 3 saturated heterocycles. The van der Waals surface area contributed by atoms with Gasteiger partial charge >= 0.3 is 5.97 Å². The molecule has 0 aromatic heterocycles. The third-order valence-corrected chi connectivity index (χ3v) is 5.31. The summed E-state index contributed by atoms with van der Waals surface area (Å²) in [5.41, 5.74) is -1.66. The molecule has 19 heavy (non-hydrogen) atoms. The monoisotopic (exact) mass is 267 g/mol. The Balaban J connectivity index is 1.96. The number of imide groups is 1. The normalized spacial score (nSPS) is 44.0. The lowest BCUT2D eigenvalue weighted by atomic mass is 9.59. The second kappa shape index (κ2) is 3.56. The zero-order chi connectivity index (χ0) is 14.0. The van der Waals surface area contributed by atoms with Crippen molar-refractivity contribution in [1.29, 1.82) is 0 Å². The van der Waals surface area contributed by atoms with Crippen molar-refractivity contribution in [3.63, 3.8) is 0 Å². The number of nitrogens with zero attached hydrogens (tertiary/aromatic N) is 1. The van der Waals surface area contributed by atoms with E-state index in [-0.39, 0.29) is 37.0 Å². The maximum atomic E-state index is 12.6. The fourth-order valence-corrected chi connectivity index (χ4v) is 3.94. The van der Waals surface area contributed by atoms with Crippen LogP contribution in [0.25, 0.3) is 0 Å². The Bertz CT molecular complexity index is 455. The Morgan fingerprint density at radius 2 is 1.74 bits per heavy atom. The highest BCUT2D eigenvalue weighted by molar-refractivity contribution is 6.10. The average molecular weight is 267 g/mol. The van der Waals surface area contributed by atoms with Crippen molar-refractivity contribution in [3.05, 3.63) is 0 Å². The molecule has 3 fully saturated rings. The molecule has 1 N–H and O–H groups in total. The van der Waals surface area contributed by atoms with Gasteiger partial charge in [-0.2, -0.15) is 0 Å². The highest BCUT2D eigenvalue weighted by Gasteiger charge is 2.76. The van der Waals surface area contributed by atoms with Crippen LogP contribution in [0.5, 0.6) is 0 Å². The van der Waals surface area contributed by atoms with E-state index in [4.69, 9.17) is 9.84 Å². The molecule has 6 heteroatoms.